The molecule has 0 unspecified atom stereocenters. The number of hydrogen-bond donors (Lipinski definition) is 0. The Balaban J connectivity index is 0.00000121. The van der Waals surface area contributed by atoms with Crippen LogP contribution in [0, 0.1) is 13.8 Å². The molecule has 59 valence electrons. The van der Waals surface area contributed by atoms with Crippen molar-refractivity contribution in [2.75, 3.05) is 0 Å². The van der Waals surface area contributed by atoms with Crippen LogP contribution >= 0.6 is 0 Å². The third-order valence-corrected chi connectivity index (χ3v) is 1.96. The van der Waals surface area contributed by atoms with E-state index in [2.05, 4.69) is 38.1 Å². The number of benzene rings is 1. The molecule has 0 heteroatoms. The predicted octanol–water partition coefficient (Wildman–Crippen LogP) is 3.26. The molecule has 0 aromatic heterocycles. The van der Waals surface area contributed by atoms with E-state index in [1.165, 1.54) is 24.0 Å². The van der Waals surface area contributed by atoms with Crippen molar-refractivity contribution in [1.82, 2.24) is 0 Å². The first-order valence-corrected chi connectivity index (χ1v) is 4.18. The van der Waals surface area contributed by atoms with Crippen LogP contribution in [0.1, 0.15) is 25.4 Å². The van der Waals surface area contributed by atoms with E-state index in [9.17, 15) is 0 Å². The fourth-order valence-electron chi connectivity index (χ4n) is 1.21. The molecule has 11 heavy (non-hydrogen) atoms. The molecule has 0 bridgehead atoms. The summed E-state index contributed by atoms with van der Waals surface area (Å²) in [6, 6.07) is 8.55. The first-order chi connectivity index (χ1) is 5.34. The van der Waals surface area contributed by atoms with E-state index >= 15 is 0 Å². The van der Waals surface area contributed by atoms with Crippen LogP contribution in [0.3, 0.4) is 0 Å². The summed E-state index contributed by atoms with van der Waals surface area (Å²) >= 11 is 0. The molecule has 0 saturated carbocycles. The van der Waals surface area contributed by atoms with Gasteiger partial charge in [-0.2, -0.15) is 0 Å². The van der Waals surface area contributed by atoms with E-state index in [-0.39, 0.29) is 1.43 Å². The van der Waals surface area contributed by atoms with E-state index in [4.69, 9.17) is 0 Å². The van der Waals surface area contributed by atoms with Gasteiger partial charge in [0.25, 0.3) is 0 Å². The standard InChI is InChI=1S/C11H15/c1-3-4-8-11-9-6-5-7-10(11)2/h5-7,9H,1,3-4,8H2,2H3/p+1. The van der Waals surface area contributed by atoms with Crippen LogP contribution in [-0.4, -0.2) is 0 Å². The van der Waals surface area contributed by atoms with Gasteiger partial charge < -0.3 is 0 Å². The maximum absolute atomic E-state index is 3.83. The number of aryl methyl sites for hydroxylation is 2. The largest absolute Gasteiger partial charge is 1.00 e. The molecule has 0 aliphatic heterocycles. The average Bonchev–Trinajstić information content (AvgIpc) is 2.03. The molecular weight excluding hydrogens is 132 g/mol. The quantitative estimate of drug-likeness (QED) is 0.617. The molecule has 0 spiro atoms. The van der Waals surface area contributed by atoms with Crippen molar-refractivity contribution in [3.05, 3.63) is 42.3 Å². The van der Waals surface area contributed by atoms with E-state index < -0.39 is 0 Å². The lowest BCUT2D eigenvalue weighted by atomic mass is 10.0. The Bertz CT molecular complexity index is 218. The van der Waals surface area contributed by atoms with Crippen molar-refractivity contribution in [2.45, 2.75) is 26.2 Å². The molecule has 0 heterocycles. The molecule has 1 aromatic carbocycles. The minimum Gasteiger partial charge on any atom is -0.0620 e. The number of unbranched alkanes of at least 4 members (excludes halogenated alkanes) is 1. The molecule has 0 N–H and O–H groups in total. The van der Waals surface area contributed by atoms with Gasteiger partial charge in [-0.05, 0) is 30.9 Å². The van der Waals surface area contributed by atoms with Crippen molar-refractivity contribution >= 4 is 0 Å². The summed E-state index contributed by atoms with van der Waals surface area (Å²) in [7, 11) is 0. The maximum atomic E-state index is 3.83. The average molecular weight is 148 g/mol. The smallest absolute Gasteiger partial charge is 0.0620 e. The summed E-state index contributed by atoms with van der Waals surface area (Å²) in [4.78, 5) is 0. The Morgan fingerprint density at radius 1 is 1.36 bits per heavy atom. The van der Waals surface area contributed by atoms with Gasteiger partial charge in [-0.1, -0.05) is 37.6 Å². The minimum atomic E-state index is 0. The highest BCUT2D eigenvalue weighted by molar-refractivity contribution is 5.25. The summed E-state index contributed by atoms with van der Waals surface area (Å²) in [6.45, 7) is 6.00. The Labute approximate surface area is 70.7 Å². The fraction of sp³-hybridized carbons (Fsp3) is 0.364. The first kappa shape index (κ1) is 8.32. The lowest BCUT2D eigenvalue weighted by Gasteiger charge is -2.02. The second-order valence-corrected chi connectivity index (χ2v) is 2.88. The molecule has 0 nitrogen and oxygen atoms in total. The Morgan fingerprint density at radius 3 is 2.73 bits per heavy atom. The molecule has 0 atom stereocenters. The van der Waals surface area contributed by atoms with Crippen LogP contribution in [0.4, 0.5) is 0 Å². The van der Waals surface area contributed by atoms with Crippen molar-refractivity contribution in [3.8, 4) is 0 Å². The Morgan fingerprint density at radius 2 is 2.09 bits per heavy atom. The van der Waals surface area contributed by atoms with E-state index in [1.54, 1.807) is 0 Å². The van der Waals surface area contributed by atoms with Crippen LogP contribution in [0.25, 0.3) is 0 Å². The summed E-state index contributed by atoms with van der Waals surface area (Å²) in [5.74, 6) is 0. The van der Waals surface area contributed by atoms with Crippen LogP contribution in [0.15, 0.2) is 24.3 Å². The van der Waals surface area contributed by atoms with E-state index in [0.717, 1.165) is 6.42 Å². The molecule has 1 rings (SSSR count). The third kappa shape index (κ3) is 2.38. The summed E-state index contributed by atoms with van der Waals surface area (Å²) < 4.78 is 0. The molecule has 0 aliphatic rings. The normalized spacial score (nSPS) is 10.0. The van der Waals surface area contributed by atoms with Crippen molar-refractivity contribution < 1.29 is 1.43 Å². The molecule has 0 aliphatic carbocycles. The van der Waals surface area contributed by atoms with Crippen LogP contribution < -0.4 is 0 Å². The van der Waals surface area contributed by atoms with Crippen LogP contribution in [-0.2, 0) is 6.42 Å². The van der Waals surface area contributed by atoms with Crippen molar-refractivity contribution in [2.24, 2.45) is 0 Å². The highest BCUT2D eigenvalue weighted by Crippen LogP contribution is 2.09. The lowest BCUT2D eigenvalue weighted by Crippen LogP contribution is -1.87. The lowest BCUT2D eigenvalue weighted by molar-refractivity contribution is 0.835. The summed E-state index contributed by atoms with van der Waals surface area (Å²) in [6.07, 6.45) is 3.41. The second-order valence-electron chi connectivity index (χ2n) is 2.88. The van der Waals surface area contributed by atoms with E-state index in [0.29, 0.717) is 0 Å². The van der Waals surface area contributed by atoms with Gasteiger partial charge in [0.05, 0.1) is 0 Å². The SMILES string of the molecule is [CH2]CCCc1ccccc1C.[H+]. The zero-order chi connectivity index (χ0) is 8.10. The molecule has 0 saturated heterocycles. The first-order valence-electron chi connectivity index (χ1n) is 4.18. The summed E-state index contributed by atoms with van der Waals surface area (Å²) in [5, 5.41) is 0. The molecule has 0 fully saturated rings. The molecule has 1 aromatic rings. The van der Waals surface area contributed by atoms with Gasteiger partial charge in [0, 0.05) is 0 Å². The van der Waals surface area contributed by atoms with Crippen molar-refractivity contribution in [1.29, 1.82) is 0 Å². The maximum Gasteiger partial charge on any atom is 1.00 e. The van der Waals surface area contributed by atoms with Crippen molar-refractivity contribution in [3.63, 3.8) is 0 Å². The van der Waals surface area contributed by atoms with E-state index in [1.807, 2.05) is 0 Å². The minimum absolute atomic E-state index is 0. The molecule has 0 amide bonds. The number of hydrogen-bond acceptors (Lipinski definition) is 0. The fourth-order valence-corrected chi connectivity index (χ4v) is 1.21. The second kappa shape index (κ2) is 4.17. The zero-order valence-electron chi connectivity index (χ0n) is 8.14. The Kier molecular flexibility index (Phi) is 3.15. The van der Waals surface area contributed by atoms with Crippen LogP contribution in [0.2, 0.25) is 0 Å². The van der Waals surface area contributed by atoms with Gasteiger partial charge in [0.15, 0.2) is 0 Å². The Hall–Kier alpha value is -0.780. The van der Waals surface area contributed by atoms with Gasteiger partial charge in [-0.15, -0.1) is 0 Å². The highest BCUT2D eigenvalue weighted by Gasteiger charge is 1.94. The molecular formula is C11H16+. The van der Waals surface area contributed by atoms with Gasteiger partial charge in [-0.3, -0.25) is 0 Å². The third-order valence-electron chi connectivity index (χ3n) is 1.96. The predicted molar refractivity (Wildman–Crippen MR) is 50.6 cm³/mol. The van der Waals surface area contributed by atoms with Gasteiger partial charge in [0.1, 0.15) is 0 Å². The highest BCUT2D eigenvalue weighted by atomic mass is 14.0. The van der Waals surface area contributed by atoms with Gasteiger partial charge in [-0.25, -0.2) is 0 Å². The monoisotopic (exact) mass is 148 g/mol. The number of rotatable bonds is 3. The van der Waals surface area contributed by atoms with Crippen LogP contribution in [0.5, 0.6) is 0 Å². The van der Waals surface area contributed by atoms with Gasteiger partial charge >= 0.3 is 1.43 Å². The van der Waals surface area contributed by atoms with Gasteiger partial charge in [0.2, 0.25) is 0 Å². The zero-order valence-corrected chi connectivity index (χ0v) is 7.14. The summed E-state index contributed by atoms with van der Waals surface area (Å²) in [5.41, 5.74) is 2.87. The topological polar surface area (TPSA) is 0 Å². The molecule has 1 radical (unpaired) electrons.